The molecule has 1 aromatic heterocycles. The molecule has 1 atom stereocenters. The first-order valence-electron chi connectivity index (χ1n) is 7.90. The summed E-state index contributed by atoms with van der Waals surface area (Å²) in [5.41, 5.74) is 4.41. The molecular formula is C19H15BrClN3S. The van der Waals surface area contributed by atoms with Crippen molar-refractivity contribution in [1.82, 2.24) is 4.98 Å². The molecule has 25 heavy (non-hydrogen) atoms. The number of benzene rings is 2. The molecule has 0 fully saturated rings. The molecule has 1 aliphatic rings. The maximum atomic E-state index is 6.06. The number of aryl methyl sites for hydroxylation is 1. The van der Waals surface area contributed by atoms with Crippen molar-refractivity contribution in [2.45, 2.75) is 19.4 Å². The number of rotatable bonds is 3. The van der Waals surface area contributed by atoms with Crippen LogP contribution in [-0.2, 0) is 0 Å². The van der Waals surface area contributed by atoms with E-state index < -0.39 is 0 Å². The Bertz CT molecular complexity index is 919. The van der Waals surface area contributed by atoms with E-state index in [0.29, 0.717) is 0 Å². The van der Waals surface area contributed by atoms with Crippen molar-refractivity contribution in [2.24, 2.45) is 5.10 Å². The lowest BCUT2D eigenvalue weighted by Crippen LogP contribution is -2.18. The van der Waals surface area contributed by atoms with Crippen LogP contribution in [0.25, 0.3) is 0 Å². The minimum absolute atomic E-state index is 0.126. The second-order valence-corrected chi connectivity index (χ2v) is 8.13. The van der Waals surface area contributed by atoms with E-state index in [-0.39, 0.29) is 6.04 Å². The van der Waals surface area contributed by atoms with E-state index >= 15 is 0 Å². The van der Waals surface area contributed by atoms with Crippen molar-refractivity contribution in [3.63, 3.8) is 0 Å². The van der Waals surface area contributed by atoms with E-state index in [9.17, 15) is 0 Å². The van der Waals surface area contributed by atoms with Crippen LogP contribution in [0.15, 0.2) is 63.5 Å². The van der Waals surface area contributed by atoms with Crippen LogP contribution in [0.5, 0.6) is 0 Å². The molecule has 0 aliphatic carbocycles. The smallest absolute Gasteiger partial charge is 0.206 e. The zero-order chi connectivity index (χ0) is 17.4. The third kappa shape index (κ3) is 3.50. The summed E-state index contributed by atoms with van der Waals surface area (Å²) in [6.07, 6.45) is 0.835. The summed E-state index contributed by atoms with van der Waals surface area (Å²) in [4.78, 5) is 4.63. The van der Waals surface area contributed by atoms with Crippen LogP contribution in [0.1, 0.15) is 29.3 Å². The van der Waals surface area contributed by atoms with Crippen molar-refractivity contribution in [3.05, 3.63) is 80.2 Å². The molecule has 0 saturated carbocycles. The number of hydrogen-bond acceptors (Lipinski definition) is 4. The topological polar surface area (TPSA) is 28.5 Å². The van der Waals surface area contributed by atoms with Gasteiger partial charge in [0.25, 0.3) is 0 Å². The summed E-state index contributed by atoms with van der Waals surface area (Å²) >= 11 is 11.2. The number of aromatic nitrogens is 1. The number of anilines is 1. The van der Waals surface area contributed by atoms with E-state index in [0.717, 1.165) is 38.0 Å². The van der Waals surface area contributed by atoms with Crippen molar-refractivity contribution in [3.8, 4) is 0 Å². The summed E-state index contributed by atoms with van der Waals surface area (Å²) in [6, 6.07) is 16.4. The quantitative estimate of drug-likeness (QED) is 0.491. The lowest BCUT2D eigenvalue weighted by atomic mass is 9.99. The largest absolute Gasteiger partial charge is 0.231 e. The maximum Gasteiger partial charge on any atom is 0.206 e. The van der Waals surface area contributed by atoms with Crippen molar-refractivity contribution in [1.29, 1.82) is 0 Å². The van der Waals surface area contributed by atoms with Crippen molar-refractivity contribution in [2.75, 3.05) is 5.01 Å². The summed E-state index contributed by atoms with van der Waals surface area (Å²) in [5, 5.41) is 10.7. The molecule has 1 aliphatic heterocycles. The van der Waals surface area contributed by atoms with Crippen LogP contribution in [0.2, 0.25) is 5.02 Å². The van der Waals surface area contributed by atoms with Gasteiger partial charge in [-0.2, -0.15) is 5.10 Å². The Labute approximate surface area is 164 Å². The molecule has 6 heteroatoms. The molecule has 0 spiro atoms. The second kappa shape index (κ2) is 6.90. The fourth-order valence-corrected chi connectivity index (χ4v) is 4.09. The zero-order valence-corrected chi connectivity index (χ0v) is 16.6. The van der Waals surface area contributed by atoms with Gasteiger partial charge in [-0.1, -0.05) is 51.8 Å². The molecule has 3 nitrogen and oxygen atoms in total. The molecule has 0 radical (unpaired) electrons. The predicted octanol–water partition coefficient (Wildman–Crippen LogP) is 6.22. The molecule has 0 bridgehead atoms. The van der Waals surface area contributed by atoms with Gasteiger partial charge in [0.2, 0.25) is 5.13 Å². The standard InChI is InChI=1S/C19H15BrClN3S/c1-12-11-25-19(22-12)24-18(14-4-8-16(21)9-5-14)10-17(23-24)13-2-6-15(20)7-3-13/h2-9,11,18H,10H2,1H3/t18-/m1/s1. The molecule has 0 amide bonds. The van der Waals surface area contributed by atoms with Crippen LogP contribution in [-0.4, -0.2) is 10.7 Å². The van der Waals surface area contributed by atoms with Gasteiger partial charge < -0.3 is 0 Å². The van der Waals surface area contributed by atoms with Crippen molar-refractivity contribution >= 4 is 49.7 Å². The van der Waals surface area contributed by atoms with Crippen LogP contribution >= 0.6 is 38.9 Å². The highest BCUT2D eigenvalue weighted by Gasteiger charge is 2.31. The predicted molar refractivity (Wildman–Crippen MR) is 109 cm³/mol. The van der Waals surface area contributed by atoms with Gasteiger partial charge in [0.05, 0.1) is 17.4 Å². The minimum Gasteiger partial charge on any atom is -0.231 e. The first-order chi connectivity index (χ1) is 12.1. The van der Waals surface area contributed by atoms with Gasteiger partial charge in [-0.15, -0.1) is 11.3 Å². The van der Waals surface area contributed by atoms with E-state index in [1.54, 1.807) is 11.3 Å². The van der Waals surface area contributed by atoms with Gasteiger partial charge in [-0.25, -0.2) is 9.99 Å². The van der Waals surface area contributed by atoms with Crippen LogP contribution in [0.3, 0.4) is 0 Å². The summed E-state index contributed by atoms with van der Waals surface area (Å²) < 4.78 is 1.07. The minimum atomic E-state index is 0.126. The molecular weight excluding hydrogens is 418 g/mol. The molecule has 4 rings (SSSR count). The molecule has 0 saturated heterocycles. The van der Waals surface area contributed by atoms with Gasteiger partial charge in [0.1, 0.15) is 0 Å². The fourth-order valence-electron chi connectivity index (χ4n) is 2.89. The Balaban J connectivity index is 1.73. The lowest BCUT2D eigenvalue weighted by molar-refractivity contribution is 0.705. The number of hydrazone groups is 1. The van der Waals surface area contributed by atoms with Crippen molar-refractivity contribution < 1.29 is 0 Å². The van der Waals surface area contributed by atoms with E-state index in [1.165, 1.54) is 5.56 Å². The lowest BCUT2D eigenvalue weighted by Gasteiger charge is -2.21. The highest BCUT2D eigenvalue weighted by Crippen LogP contribution is 2.38. The van der Waals surface area contributed by atoms with Gasteiger partial charge in [0, 0.05) is 21.3 Å². The third-order valence-electron chi connectivity index (χ3n) is 4.15. The molecule has 0 N–H and O–H groups in total. The van der Waals surface area contributed by atoms with Crippen LogP contribution in [0, 0.1) is 6.92 Å². The van der Waals surface area contributed by atoms with E-state index in [1.807, 2.05) is 36.2 Å². The Morgan fingerprint density at radius 2 is 1.84 bits per heavy atom. The maximum absolute atomic E-state index is 6.06. The van der Waals surface area contributed by atoms with Crippen LogP contribution < -0.4 is 5.01 Å². The van der Waals surface area contributed by atoms with E-state index in [4.69, 9.17) is 16.7 Å². The van der Waals surface area contributed by atoms with E-state index in [2.05, 4.69) is 50.6 Å². The summed E-state index contributed by atoms with van der Waals surface area (Å²) in [6.45, 7) is 2.01. The SMILES string of the molecule is Cc1csc(N2N=C(c3ccc(Br)cc3)C[C@@H]2c2ccc(Cl)cc2)n1. The molecule has 0 unspecified atom stereocenters. The normalized spacial score (nSPS) is 17.0. The fraction of sp³-hybridized carbons (Fsp3) is 0.158. The van der Waals surface area contributed by atoms with Crippen LogP contribution in [0.4, 0.5) is 5.13 Å². The Morgan fingerprint density at radius 3 is 2.48 bits per heavy atom. The van der Waals surface area contributed by atoms with Gasteiger partial charge >= 0.3 is 0 Å². The Morgan fingerprint density at radius 1 is 1.12 bits per heavy atom. The number of hydrogen-bond donors (Lipinski definition) is 0. The second-order valence-electron chi connectivity index (χ2n) is 5.94. The molecule has 3 aromatic rings. The highest BCUT2D eigenvalue weighted by molar-refractivity contribution is 9.10. The molecule has 2 heterocycles. The first kappa shape index (κ1) is 16.8. The van der Waals surface area contributed by atoms with Gasteiger partial charge in [-0.05, 0) is 42.3 Å². The monoisotopic (exact) mass is 431 g/mol. The summed E-state index contributed by atoms with van der Waals surface area (Å²) in [5.74, 6) is 0. The third-order valence-corrected chi connectivity index (χ3v) is 5.87. The van der Waals surface area contributed by atoms with Gasteiger partial charge in [-0.3, -0.25) is 0 Å². The average Bonchev–Trinajstić information content (AvgIpc) is 3.23. The number of nitrogens with zero attached hydrogens (tertiary/aromatic N) is 3. The Kier molecular flexibility index (Phi) is 4.63. The number of thiazole rings is 1. The molecule has 126 valence electrons. The summed E-state index contributed by atoms with van der Waals surface area (Å²) in [7, 11) is 0. The highest BCUT2D eigenvalue weighted by atomic mass is 79.9. The molecule has 2 aromatic carbocycles. The zero-order valence-electron chi connectivity index (χ0n) is 13.5. The average molecular weight is 433 g/mol. The first-order valence-corrected chi connectivity index (χ1v) is 9.95. The number of halogens is 2. The Hall–Kier alpha value is -1.69. The van der Waals surface area contributed by atoms with Gasteiger partial charge in [0.15, 0.2) is 0 Å².